The molecular weight excluding hydrogens is 156 g/mol. The second kappa shape index (κ2) is 3.18. The van der Waals surface area contributed by atoms with Crippen molar-refractivity contribution in [1.29, 1.82) is 0 Å². The molecular formula is C9H16OS. The first kappa shape index (κ1) is 9.11. The van der Waals surface area contributed by atoms with E-state index in [0.717, 1.165) is 17.9 Å². The normalized spacial score (nSPS) is 27.2. The molecule has 11 heavy (non-hydrogen) atoms. The monoisotopic (exact) mass is 172 g/mol. The number of carbonyl (C=O) groups excluding carboxylic acids is 1. The van der Waals surface area contributed by atoms with Gasteiger partial charge >= 0.3 is 0 Å². The van der Waals surface area contributed by atoms with E-state index in [-0.39, 0.29) is 5.41 Å². The predicted octanol–water partition coefficient (Wildman–Crippen LogP) is 2.35. The maximum atomic E-state index is 11.4. The fraction of sp³-hybridized carbons (Fsp3) is 0.889. The van der Waals surface area contributed by atoms with Crippen molar-refractivity contribution in [2.75, 3.05) is 11.5 Å². The van der Waals surface area contributed by atoms with E-state index >= 15 is 0 Å². The molecule has 2 heteroatoms. The van der Waals surface area contributed by atoms with Gasteiger partial charge in [-0.1, -0.05) is 20.8 Å². The Morgan fingerprint density at radius 1 is 1.45 bits per heavy atom. The van der Waals surface area contributed by atoms with Gasteiger partial charge in [-0.15, -0.1) is 0 Å². The molecule has 0 spiro atoms. The number of carbonyl (C=O) groups is 1. The molecule has 0 amide bonds. The van der Waals surface area contributed by atoms with Crippen LogP contribution in [-0.2, 0) is 4.79 Å². The van der Waals surface area contributed by atoms with Gasteiger partial charge in [-0.3, -0.25) is 4.79 Å². The minimum Gasteiger partial charge on any atom is -0.299 e. The topological polar surface area (TPSA) is 17.1 Å². The quantitative estimate of drug-likeness (QED) is 0.558. The maximum absolute atomic E-state index is 11.4. The van der Waals surface area contributed by atoms with E-state index in [1.807, 2.05) is 11.8 Å². The van der Waals surface area contributed by atoms with Gasteiger partial charge in [0.1, 0.15) is 5.78 Å². The van der Waals surface area contributed by atoms with Crippen LogP contribution in [-0.4, -0.2) is 17.3 Å². The first-order valence-corrected chi connectivity index (χ1v) is 5.28. The summed E-state index contributed by atoms with van der Waals surface area (Å²) in [6.07, 6.45) is 0.784. The number of rotatable bonds is 0. The average molecular weight is 172 g/mol. The first-order valence-electron chi connectivity index (χ1n) is 4.12. The summed E-state index contributed by atoms with van der Waals surface area (Å²) in [6.45, 7) is 6.46. The SMILES string of the molecule is CC(C)(C)C1CSCCC1=O. The molecule has 0 bridgehead atoms. The summed E-state index contributed by atoms with van der Waals surface area (Å²) in [4.78, 5) is 11.4. The van der Waals surface area contributed by atoms with Crippen molar-refractivity contribution in [2.45, 2.75) is 27.2 Å². The summed E-state index contributed by atoms with van der Waals surface area (Å²) in [5.41, 5.74) is 0.171. The summed E-state index contributed by atoms with van der Waals surface area (Å²) < 4.78 is 0. The molecule has 1 aliphatic rings. The largest absolute Gasteiger partial charge is 0.299 e. The van der Waals surface area contributed by atoms with E-state index in [4.69, 9.17) is 0 Å². The lowest BCUT2D eigenvalue weighted by Gasteiger charge is -2.31. The van der Waals surface area contributed by atoms with Crippen molar-refractivity contribution in [1.82, 2.24) is 0 Å². The molecule has 1 rings (SSSR count). The van der Waals surface area contributed by atoms with Crippen LogP contribution < -0.4 is 0 Å². The summed E-state index contributed by atoms with van der Waals surface area (Å²) in [5, 5.41) is 0. The van der Waals surface area contributed by atoms with Crippen LogP contribution in [0.25, 0.3) is 0 Å². The van der Waals surface area contributed by atoms with Crippen molar-refractivity contribution in [3.05, 3.63) is 0 Å². The van der Waals surface area contributed by atoms with Crippen molar-refractivity contribution in [3.8, 4) is 0 Å². The fourth-order valence-electron chi connectivity index (χ4n) is 1.37. The Morgan fingerprint density at radius 2 is 2.09 bits per heavy atom. The minimum atomic E-state index is 0.171. The van der Waals surface area contributed by atoms with Crippen LogP contribution >= 0.6 is 11.8 Å². The highest BCUT2D eigenvalue weighted by molar-refractivity contribution is 7.99. The molecule has 1 atom stereocenters. The Kier molecular flexibility index (Phi) is 2.63. The molecule has 0 N–H and O–H groups in total. The van der Waals surface area contributed by atoms with Gasteiger partial charge in [0.25, 0.3) is 0 Å². The zero-order chi connectivity index (χ0) is 8.48. The lowest BCUT2D eigenvalue weighted by Crippen LogP contribution is -2.33. The fourth-order valence-corrected chi connectivity index (χ4v) is 2.81. The van der Waals surface area contributed by atoms with Gasteiger partial charge in [-0.25, -0.2) is 0 Å². The van der Waals surface area contributed by atoms with Crippen LogP contribution in [0.4, 0.5) is 0 Å². The molecule has 0 aromatic heterocycles. The highest BCUT2D eigenvalue weighted by atomic mass is 32.2. The standard InChI is InChI=1S/C9H16OS/c1-9(2,3)7-6-11-5-4-8(7)10/h7H,4-6H2,1-3H3. The number of Topliss-reactive ketones (excluding diaryl/α,β-unsaturated/α-hetero) is 1. The van der Waals surface area contributed by atoms with Gasteiger partial charge in [0.05, 0.1) is 0 Å². The highest BCUT2D eigenvalue weighted by Gasteiger charge is 2.32. The highest BCUT2D eigenvalue weighted by Crippen LogP contribution is 2.33. The maximum Gasteiger partial charge on any atom is 0.138 e. The van der Waals surface area contributed by atoms with Gasteiger partial charge in [0.2, 0.25) is 0 Å². The third kappa shape index (κ3) is 2.22. The molecule has 1 nitrogen and oxygen atoms in total. The molecule has 1 fully saturated rings. The lowest BCUT2D eigenvalue weighted by atomic mass is 9.78. The minimum absolute atomic E-state index is 0.171. The Labute approximate surface area is 72.9 Å². The number of hydrogen-bond donors (Lipinski definition) is 0. The van der Waals surface area contributed by atoms with Crippen LogP contribution in [0.5, 0.6) is 0 Å². The molecule has 1 unspecified atom stereocenters. The van der Waals surface area contributed by atoms with E-state index < -0.39 is 0 Å². The zero-order valence-electron chi connectivity index (χ0n) is 7.52. The van der Waals surface area contributed by atoms with Crippen LogP contribution in [0.3, 0.4) is 0 Å². The molecule has 1 aliphatic heterocycles. The van der Waals surface area contributed by atoms with Crippen molar-refractivity contribution < 1.29 is 4.79 Å². The first-order chi connectivity index (χ1) is 5.02. The van der Waals surface area contributed by atoms with Gasteiger partial charge in [-0.05, 0) is 5.41 Å². The second-order valence-electron chi connectivity index (χ2n) is 4.21. The summed E-state index contributed by atoms with van der Waals surface area (Å²) in [5.74, 6) is 2.82. The van der Waals surface area contributed by atoms with E-state index in [1.165, 1.54) is 0 Å². The van der Waals surface area contributed by atoms with Crippen molar-refractivity contribution in [3.63, 3.8) is 0 Å². The number of thioether (sulfide) groups is 1. The Bertz CT molecular complexity index is 157. The van der Waals surface area contributed by atoms with Crippen molar-refractivity contribution >= 4 is 17.5 Å². The van der Waals surface area contributed by atoms with Gasteiger partial charge in [0, 0.05) is 23.8 Å². The smallest absolute Gasteiger partial charge is 0.138 e. The van der Waals surface area contributed by atoms with Crippen molar-refractivity contribution in [2.24, 2.45) is 11.3 Å². The van der Waals surface area contributed by atoms with Gasteiger partial charge in [0.15, 0.2) is 0 Å². The zero-order valence-corrected chi connectivity index (χ0v) is 8.33. The summed E-state index contributed by atoms with van der Waals surface area (Å²) >= 11 is 1.91. The molecule has 0 saturated carbocycles. The molecule has 0 aromatic carbocycles. The van der Waals surface area contributed by atoms with Crippen LogP contribution in [0.2, 0.25) is 0 Å². The number of ketones is 1. The van der Waals surface area contributed by atoms with E-state index in [1.54, 1.807) is 0 Å². The molecule has 0 aromatic rings. The predicted molar refractivity (Wildman–Crippen MR) is 49.9 cm³/mol. The third-order valence-electron chi connectivity index (χ3n) is 2.21. The van der Waals surface area contributed by atoms with Gasteiger partial charge in [-0.2, -0.15) is 11.8 Å². The second-order valence-corrected chi connectivity index (χ2v) is 5.36. The Hall–Kier alpha value is 0.0200. The lowest BCUT2D eigenvalue weighted by molar-refractivity contribution is -0.124. The summed E-state index contributed by atoms with van der Waals surface area (Å²) in [7, 11) is 0. The number of hydrogen-bond acceptors (Lipinski definition) is 2. The summed E-state index contributed by atoms with van der Waals surface area (Å²) in [6, 6.07) is 0. The Balaban J connectivity index is 2.62. The van der Waals surface area contributed by atoms with Crippen LogP contribution in [0, 0.1) is 11.3 Å². The molecule has 1 heterocycles. The van der Waals surface area contributed by atoms with E-state index in [9.17, 15) is 4.79 Å². The van der Waals surface area contributed by atoms with Crippen LogP contribution in [0.1, 0.15) is 27.2 Å². The molecule has 0 radical (unpaired) electrons. The molecule has 1 saturated heterocycles. The third-order valence-corrected chi connectivity index (χ3v) is 3.27. The van der Waals surface area contributed by atoms with E-state index in [2.05, 4.69) is 20.8 Å². The molecule has 64 valence electrons. The van der Waals surface area contributed by atoms with Crippen LogP contribution in [0.15, 0.2) is 0 Å². The Morgan fingerprint density at radius 3 is 2.45 bits per heavy atom. The average Bonchev–Trinajstić information content (AvgIpc) is 1.86. The molecule has 0 aliphatic carbocycles. The van der Waals surface area contributed by atoms with E-state index in [0.29, 0.717) is 11.7 Å². The van der Waals surface area contributed by atoms with Gasteiger partial charge < -0.3 is 0 Å².